The van der Waals surface area contributed by atoms with Crippen LogP contribution in [0.4, 0.5) is 4.39 Å². The third-order valence-corrected chi connectivity index (χ3v) is 4.75. The summed E-state index contributed by atoms with van der Waals surface area (Å²) in [5.74, 6) is -0.948. The van der Waals surface area contributed by atoms with Gasteiger partial charge in [-0.25, -0.2) is 4.39 Å². The van der Waals surface area contributed by atoms with Gasteiger partial charge in [-0.2, -0.15) is 5.26 Å². The fourth-order valence-corrected chi connectivity index (χ4v) is 3.11. The van der Waals surface area contributed by atoms with Gasteiger partial charge in [0.05, 0.1) is 22.1 Å². The molecule has 0 aliphatic rings. The lowest BCUT2D eigenvalue weighted by atomic mass is 10.0. The number of aromatic carboxylic acids is 1. The molecule has 29 heavy (non-hydrogen) atoms. The van der Waals surface area contributed by atoms with Gasteiger partial charge in [0.1, 0.15) is 18.2 Å². The number of allylic oxidation sites excluding steroid dienone is 1. The normalized spacial score (nSPS) is 11.0. The second kappa shape index (κ2) is 9.18. The zero-order chi connectivity index (χ0) is 20.8. The van der Waals surface area contributed by atoms with Crippen molar-refractivity contribution in [1.29, 1.82) is 5.26 Å². The monoisotopic (exact) mass is 450 g/mol. The number of ether oxygens (including phenoxy) is 1. The van der Waals surface area contributed by atoms with Gasteiger partial charge in [-0.05, 0) is 68.5 Å². The zero-order valence-corrected chi connectivity index (χ0v) is 16.6. The van der Waals surface area contributed by atoms with E-state index in [1.54, 1.807) is 42.5 Å². The first-order chi connectivity index (χ1) is 14.0. The van der Waals surface area contributed by atoms with E-state index in [4.69, 9.17) is 4.74 Å². The summed E-state index contributed by atoms with van der Waals surface area (Å²) in [6.45, 7) is 0.294. The Morgan fingerprint density at radius 1 is 1.07 bits per heavy atom. The van der Waals surface area contributed by atoms with Gasteiger partial charge < -0.3 is 14.6 Å². The number of hydrogen-bond donors (Lipinski definition) is 0. The molecule has 0 aliphatic carbocycles. The molecule has 0 heterocycles. The minimum Gasteiger partial charge on any atom is -0.545 e. The molecule has 0 amide bonds. The summed E-state index contributed by atoms with van der Waals surface area (Å²) in [4.78, 5) is 10.8. The average Bonchev–Trinajstić information content (AvgIpc) is 2.72. The molecule has 0 spiro atoms. The predicted molar refractivity (Wildman–Crippen MR) is 109 cm³/mol. The molecule has 0 radical (unpaired) electrons. The van der Waals surface area contributed by atoms with Crippen molar-refractivity contribution in [3.63, 3.8) is 0 Å². The summed E-state index contributed by atoms with van der Waals surface area (Å²) in [6, 6.07) is 19.5. The fourth-order valence-electron chi connectivity index (χ4n) is 2.60. The van der Waals surface area contributed by atoms with Crippen LogP contribution in [0.3, 0.4) is 0 Å². The number of carboxylic acid groups (broad SMARTS) is 1. The molecule has 0 fully saturated rings. The number of nitrogens with zero attached hydrogens (tertiary/aromatic N) is 1. The van der Waals surface area contributed by atoms with Gasteiger partial charge in [0.25, 0.3) is 0 Å². The van der Waals surface area contributed by atoms with Gasteiger partial charge >= 0.3 is 0 Å². The van der Waals surface area contributed by atoms with Crippen molar-refractivity contribution < 1.29 is 19.0 Å². The molecule has 4 nitrogen and oxygen atoms in total. The molecule has 0 aromatic heterocycles. The fraction of sp³-hybridized carbons (Fsp3) is 0.0435. The Morgan fingerprint density at radius 3 is 2.31 bits per heavy atom. The van der Waals surface area contributed by atoms with Gasteiger partial charge in [-0.1, -0.05) is 42.5 Å². The summed E-state index contributed by atoms with van der Waals surface area (Å²) in [7, 11) is 0. The minimum atomic E-state index is -1.26. The number of nitriles is 1. The van der Waals surface area contributed by atoms with Crippen molar-refractivity contribution in [2.75, 3.05) is 0 Å². The second-order valence-corrected chi connectivity index (χ2v) is 6.99. The van der Waals surface area contributed by atoms with Gasteiger partial charge in [0, 0.05) is 0 Å². The Balaban J connectivity index is 1.76. The van der Waals surface area contributed by atoms with Gasteiger partial charge in [-0.3, -0.25) is 0 Å². The Labute approximate surface area is 175 Å². The van der Waals surface area contributed by atoms with E-state index >= 15 is 0 Å². The molecular weight excluding hydrogens is 437 g/mol. The third kappa shape index (κ3) is 5.31. The van der Waals surface area contributed by atoms with Crippen LogP contribution in [-0.4, -0.2) is 5.97 Å². The molecule has 3 aromatic rings. The maximum Gasteiger partial charge on any atom is 0.134 e. The Kier molecular flexibility index (Phi) is 6.43. The summed E-state index contributed by atoms with van der Waals surface area (Å²) < 4.78 is 19.4. The first kappa shape index (κ1) is 20.3. The maximum atomic E-state index is 13.0. The number of hydrogen-bond acceptors (Lipinski definition) is 4. The van der Waals surface area contributed by atoms with Crippen LogP contribution >= 0.6 is 15.9 Å². The van der Waals surface area contributed by atoms with Gasteiger partial charge in [-0.15, -0.1) is 0 Å². The quantitative estimate of drug-likeness (QED) is 0.406. The molecule has 0 unspecified atom stereocenters. The van der Waals surface area contributed by atoms with Crippen LogP contribution in [0.5, 0.6) is 5.75 Å². The Bertz CT molecular complexity index is 1100. The third-order valence-electron chi connectivity index (χ3n) is 4.13. The summed E-state index contributed by atoms with van der Waals surface area (Å²) >= 11 is 3.46. The highest BCUT2D eigenvalue weighted by Crippen LogP contribution is 2.29. The standard InChI is InChI=1S/C23H15BrFNO3/c24-21-12-16(3-10-22(21)29-14-15-1-8-20(25)9-2-15)11-19(13-26)17-4-6-18(7-5-17)23(27)28/h1-12H,14H2,(H,27,28)/p-1/b19-11-. The van der Waals surface area contributed by atoms with Crippen LogP contribution in [0.25, 0.3) is 11.6 Å². The first-order valence-electron chi connectivity index (χ1n) is 8.56. The highest BCUT2D eigenvalue weighted by molar-refractivity contribution is 9.10. The molecule has 0 atom stereocenters. The van der Waals surface area contributed by atoms with E-state index in [-0.39, 0.29) is 11.4 Å². The number of carboxylic acids is 1. The predicted octanol–water partition coefficient (Wildman–Crippen LogP) is 4.59. The topological polar surface area (TPSA) is 73.1 Å². The number of benzene rings is 3. The SMILES string of the molecule is N#C/C(=C/c1ccc(OCc2ccc(F)cc2)c(Br)c1)c1ccc(C(=O)[O-])cc1. The van der Waals surface area contributed by atoms with Gasteiger partial charge in [0.15, 0.2) is 0 Å². The van der Waals surface area contributed by atoms with Crippen molar-refractivity contribution in [3.8, 4) is 11.8 Å². The maximum absolute atomic E-state index is 13.0. The van der Waals surface area contributed by atoms with Crippen LogP contribution in [0.2, 0.25) is 0 Å². The zero-order valence-electron chi connectivity index (χ0n) is 15.1. The van der Waals surface area contributed by atoms with Crippen molar-refractivity contribution in [3.05, 3.63) is 99.3 Å². The molecule has 0 bridgehead atoms. The molecular formula is C23H14BrFNO3-. The molecule has 6 heteroatoms. The van der Waals surface area contributed by atoms with Crippen molar-refractivity contribution >= 4 is 33.5 Å². The molecule has 3 aromatic carbocycles. The number of rotatable bonds is 6. The number of carbonyl (C=O) groups excluding carboxylic acids is 1. The van der Waals surface area contributed by atoms with Crippen molar-refractivity contribution in [2.45, 2.75) is 6.61 Å². The minimum absolute atomic E-state index is 0.0523. The summed E-state index contributed by atoms with van der Waals surface area (Å²) in [5, 5.41) is 20.3. The van der Waals surface area contributed by atoms with E-state index < -0.39 is 5.97 Å². The van der Waals surface area contributed by atoms with E-state index in [9.17, 15) is 19.6 Å². The van der Waals surface area contributed by atoms with Crippen LogP contribution in [0.15, 0.2) is 71.2 Å². The first-order valence-corrected chi connectivity index (χ1v) is 9.36. The van der Waals surface area contributed by atoms with E-state index in [0.29, 0.717) is 28.0 Å². The lowest BCUT2D eigenvalue weighted by Gasteiger charge is -2.09. The van der Waals surface area contributed by atoms with Crippen LogP contribution in [-0.2, 0) is 6.61 Å². The lowest BCUT2D eigenvalue weighted by molar-refractivity contribution is -0.255. The van der Waals surface area contributed by atoms with E-state index in [1.165, 1.54) is 24.3 Å². The summed E-state index contributed by atoms with van der Waals surface area (Å²) in [5.41, 5.74) is 2.66. The molecule has 0 aliphatic heterocycles. The van der Waals surface area contributed by atoms with Crippen LogP contribution < -0.4 is 9.84 Å². The molecule has 0 saturated heterocycles. The lowest BCUT2D eigenvalue weighted by Crippen LogP contribution is -2.21. The molecule has 144 valence electrons. The average molecular weight is 451 g/mol. The van der Waals surface area contributed by atoms with E-state index in [1.807, 2.05) is 6.07 Å². The molecule has 3 rings (SSSR count). The van der Waals surface area contributed by atoms with Crippen molar-refractivity contribution in [2.24, 2.45) is 0 Å². The number of halogens is 2. The largest absolute Gasteiger partial charge is 0.545 e. The van der Waals surface area contributed by atoms with Gasteiger partial charge in [0.2, 0.25) is 0 Å². The molecule has 0 saturated carbocycles. The van der Waals surface area contributed by atoms with Crippen LogP contribution in [0.1, 0.15) is 27.0 Å². The smallest absolute Gasteiger partial charge is 0.134 e. The second-order valence-electron chi connectivity index (χ2n) is 6.14. The van der Waals surface area contributed by atoms with Crippen molar-refractivity contribution in [1.82, 2.24) is 0 Å². The Hall–Kier alpha value is -3.43. The summed E-state index contributed by atoms with van der Waals surface area (Å²) in [6.07, 6.45) is 1.70. The highest BCUT2D eigenvalue weighted by atomic mass is 79.9. The van der Waals surface area contributed by atoms with E-state index in [0.717, 1.165) is 11.1 Å². The molecule has 0 N–H and O–H groups in total. The number of carbonyl (C=O) groups is 1. The van der Waals surface area contributed by atoms with E-state index in [2.05, 4.69) is 22.0 Å². The van der Waals surface area contributed by atoms with Crippen LogP contribution in [0, 0.1) is 17.1 Å². The Morgan fingerprint density at radius 2 is 1.72 bits per heavy atom. The highest BCUT2D eigenvalue weighted by Gasteiger charge is 2.06.